The van der Waals surface area contributed by atoms with Gasteiger partial charge in [0.1, 0.15) is 6.04 Å². The fraction of sp³-hybridized carbons (Fsp3) is 0.556. The van der Waals surface area contributed by atoms with Crippen LogP contribution >= 0.6 is 0 Å². The fourth-order valence-corrected chi connectivity index (χ4v) is 4.57. The third-order valence-corrected chi connectivity index (χ3v) is 5.84. The van der Waals surface area contributed by atoms with Crippen LogP contribution in [0.1, 0.15) is 43.2 Å². The Morgan fingerprint density at radius 1 is 1.23 bits per heavy atom. The normalized spacial score (nSPS) is 32.8. The average Bonchev–Trinajstić information content (AvgIpc) is 3.16. The summed E-state index contributed by atoms with van der Waals surface area (Å²) < 4.78 is 0. The molecule has 0 aromatic heterocycles. The molecule has 1 aromatic rings. The minimum atomic E-state index is -0.852. The lowest BCUT2D eigenvalue weighted by atomic mass is 9.94. The Morgan fingerprint density at radius 3 is 2.86 bits per heavy atom. The molecule has 4 rings (SSSR count). The number of carbonyl (C=O) groups excluding carboxylic acids is 1. The lowest BCUT2D eigenvalue weighted by molar-refractivity contribution is -0.152. The second-order valence-corrected chi connectivity index (χ2v) is 6.95. The van der Waals surface area contributed by atoms with E-state index in [-0.39, 0.29) is 17.2 Å². The lowest BCUT2D eigenvalue weighted by Crippen LogP contribution is -2.49. The van der Waals surface area contributed by atoms with E-state index in [4.69, 9.17) is 0 Å². The fourth-order valence-electron chi connectivity index (χ4n) is 4.57. The molecule has 0 radical (unpaired) electrons. The summed E-state index contributed by atoms with van der Waals surface area (Å²) in [7, 11) is 0. The van der Waals surface area contributed by atoms with Gasteiger partial charge in [-0.15, -0.1) is 0 Å². The molecule has 2 aliphatic carbocycles. The minimum absolute atomic E-state index is 0.00361. The summed E-state index contributed by atoms with van der Waals surface area (Å²) in [5.41, 5.74) is 2.71. The zero-order valence-corrected chi connectivity index (χ0v) is 12.6. The molecule has 1 heterocycles. The molecule has 1 aromatic carbocycles. The van der Waals surface area contributed by atoms with Crippen LogP contribution in [0.25, 0.3) is 0 Å². The first-order valence-corrected chi connectivity index (χ1v) is 8.25. The van der Waals surface area contributed by atoms with Crippen molar-refractivity contribution < 1.29 is 14.7 Å². The molecule has 116 valence electrons. The van der Waals surface area contributed by atoms with Crippen molar-refractivity contribution in [2.24, 2.45) is 5.92 Å². The maximum absolute atomic E-state index is 12.9. The Morgan fingerprint density at radius 2 is 2.05 bits per heavy atom. The number of carboxylic acid groups (broad SMARTS) is 1. The van der Waals surface area contributed by atoms with Crippen LogP contribution in [0.15, 0.2) is 24.3 Å². The molecule has 1 amide bonds. The zero-order chi connectivity index (χ0) is 15.3. The summed E-state index contributed by atoms with van der Waals surface area (Å²) in [6.45, 7) is 0.601. The van der Waals surface area contributed by atoms with E-state index in [1.165, 1.54) is 11.1 Å². The number of hydrogen-bond acceptors (Lipinski definition) is 2. The van der Waals surface area contributed by atoms with Crippen molar-refractivity contribution in [1.82, 2.24) is 4.90 Å². The van der Waals surface area contributed by atoms with E-state index >= 15 is 0 Å². The zero-order valence-electron chi connectivity index (χ0n) is 12.6. The third-order valence-electron chi connectivity index (χ3n) is 5.84. The predicted molar refractivity (Wildman–Crippen MR) is 81.5 cm³/mol. The monoisotopic (exact) mass is 299 g/mol. The number of aliphatic carboxylic acids is 1. The number of hydrogen-bond donors (Lipinski definition) is 1. The molecule has 3 unspecified atom stereocenters. The summed E-state index contributed by atoms with van der Waals surface area (Å²) in [6.07, 6.45) is 5.39. The van der Waals surface area contributed by atoms with E-state index < -0.39 is 12.0 Å². The smallest absolute Gasteiger partial charge is 0.326 e. The molecule has 1 spiro atoms. The molecule has 1 saturated carbocycles. The maximum atomic E-state index is 12.9. The van der Waals surface area contributed by atoms with Crippen molar-refractivity contribution in [2.75, 3.05) is 6.54 Å². The molecule has 1 N–H and O–H groups in total. The van der Waals surface area contributed by atoms with Crippen LogP contribution in [-0.4, -0.2) is 34.5 Å². The highest BCUT2D eigenvalue weighted by atomic mass is 16.4. The molecule has 0 bridgehead atoms. The number of carboxylic acids is 1. The van der Waals surface area contributed by atoms with Crippen molar-refractivity contribution in [2.45, 2.75) is 50.0 Å². The Balaban J connectivity index is 1.57. The molecule has 1 saturated heterocycles. The van der Waals surface area contributed by atoms with Crippen LogP contribution in [0.3, 0.4) is 0 Å². The second kappa shape index (κ2) is 4.83. The molecule has 22 heavy (non-hydrogen) atoms. The molecule has 3 atom stereocenters. The van der Waals surface area contributed by atoms with Gasteiger partial charge in [-0.3, -0.25) is 4.79 Å². The molecule has 4 nitrogen and oxygen atoms in total. The van der Waals surface area contributed by atoms with Crippen LogP contribution in [0.4, 0.5) is 0 Å². The van der Waals surface area contributed by atoms with Gasteiger partial charge in [-0.1, -0.05) is 24.3 Å². The molecular weight excluding hydrogens is 278 g/mol. The first-order chi connectivity index (χ1) is 10.6. The highest BCUT2D eigenvalue weighted by Crippen LogP contribution is 2.62. The summed E-state index contributed by atoms with van der Waals surface area (Å²) >= 11 is 0. The maximum Gasteiger partial charge on any atom is 0.326 e. The van der Waals surface area contributed by atoms with Crippen molar-refractivity contribution in [1.29, 1.82) is 0 Å². The van der Waals surface area contributed by atoms with E-state index in [0.717, 1.165) is 32.1 Å². The van der Waals surface area contributed by atoms with Gasteiger partial charge in [-0.05, 0) is 49.7 Å². The standard InChI is InChI=1S/C18H21NO3/c20-16(19-10-4-3-7-15(19)17(21)22)14-11-18(14)9-8-12-5-1-2-6-13(12)18/h1-2,5-6,14-15H,3-4,7-11H2,(H,21,22). The van der Waals surface area contributed by atoms with Crippen LogP contribution in [0, 0.1) is 5.92 Å². The number of nitrogens with zero attached hydrogens (tertiary/aromatic N) is 1. The number of carbonyl (C=O) groups is 2. The number of piperidine rings is 1. The third kappa shape index (κ3) is 1.89. The van der Waals surface area contributed by atoms with Crippen LogP contribution < -0.4 is 0 Å². The van der Waals surface area contributed by atoms with E-state index in [0.29, 0.717) is 13.0 Å². The molecular formula is C18H21NO3. The first-order valence-electron chi connectivity index (χ1n) is 8.25. The van der Waals surface area contributed by atoms with Crippen molar-refractivity contribution in [3.05, 3.63) is 35.4 Å². The predicted octanol–water partition coefficient (Wildman–Crippen LogP) is 2.36. The van der Waals surface area contributed by atoms with Gasteiger partial charge in [0, 0.05) is 17.9 Å². The summed E-state index contributed by atoms with van der Waals surface area (Å²) in [4.78, 5) is 26.0. The van der Waals surface area contributed by atoms with Crippen molar-refractivity contribution in [3.8, 4) is 0 Å². The Kier molecular flexibility index (Phi) is 3.03. The van der Waals surface area contributed by atoms with E-state index in [1.54, 1.807) is 4.90 Å². The van der Waals surface area contributed by atoms with Crippen LogP contribution in [-0.2, 0) is 21.4 Å². The van der Waals surface area contributed by atoms with Gasteiger partial charge in [0.15, 0.2) is 0 Å². The molecule has 1 aliphatic heterocycles. The van der Waals surface area contributed by atoms with Crippen LogP contribution in [0.5, 0.6) is 0 Å². The highest BCUT2D eigenvalue weighted by molar-refractivity contribution is 5.89. The Labute approximate surface area is 130 Å². The second-order valence-electron chi connectivity index (χ2n) is 6.95. The van der Waals surface area contributed by atoms with Gasteiger partial charge in [0.05, 0.1) is 0 Å². The van der Waals surface area contributed by atoms with Crippen LogP contribution in [0.2, 0.25) is 0 Å². The van der Waals surface area contributed by atoms with Gasteiger partial charge in [-0.25, -0.2) is 4.79 Å². The molecule has 2 fully saturated rings. The van der Waals surface area contributed by atoms with Gasteiger partial charge >= 0.3 is 5.97 Å². The number of rotatable bonds is 2. The number of likely N-dealkylation sites (tertiary alicyclic amines) is 1. The summed E-state index contributed by atoms with van der Waals surface area (Å²) in [6, 6.07) is 7.80. The van der Waals surface area contributed by atoms with Crippen molar-refractivity contribution in [3.63, 3.8) is 0 Å². The lowest BCUT2D eigenvalue weighted by Gasteiger charge is -2.33. The summed E-state index contributed by atoms with van der Waals surface area (Å²) in [5, 5.41) is 9.38. The molecule has 3 aliphatic rings. The van der Waals surface area contributed by atoms with Gasteiger partial charge in [-0.2, -0.15) is 0 Å². The topological polar surface area (TPSA) is 57.6 Å². The Hall–Kier alpha value is -1.84. The van der Waals surface area contributed by atoms with Crippen molar-refractivity contribution >= 4 is 11.9 Å². The van der Waals surface area contributed by atoms with E-state index in [2.05, 4.69) is 18.2 Å². The molecule has 4 heteroatoms. The highest BCUT2D eigenvalue weighted by Gasteiger charge is 2.62. The van der Waals surface area contributed by atoms with E-state index in [1.807, 2.05) is 6.07 Å². The Bertz CT molecular complexity index is 641. The number of fused-ring (bicyclic) bond motifs is 2. The quantitative estimate of drug-likeness (QED) is 0.912. The van der Waals surface area contributed by atoms with Gasteiger partial charge in [0.2, 0.25) is 5.91 Å². The number of benzene rings is 1. The first kappa shape index (κ1) is 13.8. The summed E-state index contributed by atoms with van der Waals surface area (Å²) in [5.74, 6) is -0.783. The average molecular weight is 299 g/mol. The number of aryl methyl sites for hydroxylation is 1. The minimum Gasteiger partial charge on any atom is -0.480 e. The van der Waals surface area contributed by atoms with Gasteiger partial charge < -0.3 is 10.0 Å². The number of amides is 1. The SMILES string of the molecule is O=C(O)C1CCCCN1C(=O)C1CC12CCc1ccccc12. The largest absolute Gasteiger partial charge is 0.480 e. The van der Waals surface area contributed by atoms with E-state index in [9.17, 15) is 14.7 Å². The van der Waals surface area contributed by atoms with Gasteiger partial charge in [0.25, 0.3) is 0 Å².